The highest BCUT2D eigenvalue weighted by Gasteiger charge is 2.34. The fourth-order valence-corrected chi connectivity index (χ4v) is 4.44. The minimum absolute atomic E-state index is 0.0313. The number of hydrogen-bond acceptors (Lipinski definition) is 7. The average Bonchev–Trinajstić information content (AvgIpc) is 2.64. The number of aliphatic hydroxyl groups excluding tert-OH is 1. The number of nitrogens with two attached hydrogens (primary N) is 3. The van der Waals surface area contributed by atoms with Crippen LogP contribution in [-0.2, 0) is 24.8 Å². The Morgan fingerprint density at radius 1 is 0.862 bits per heavy atom. The minimum atomic E-state index is -3.84. The van der Waals surface area contributed by atoms with Crippen molar-refractivity contribution in [3.05, 3.63) is 59.7 Å². The van der Waals surface area contributed by atoms with Crippen molar-refractivity contribution >= 4 is 20.0 Å². The van der Waals surface area contributed by atoms with Crippen LogP contribution in [0.3, 0.4) is 0 Å². The van der Waals surface area contributed by atoms with E-state index in [2.05, 4.69) is 0 Å². The molecule has 0 aliphatic carbocycles. The van der Waals surface area contributed by atoms with E-state index in [1.54, 1.807) is 24.3 Å². The number of rotatable bonds is 5. The lowest BCUT2D eigenvalue weighted by atomic mass is 9.82. The number of primary sulfonamides is 2. The van der Waals surface area contributed by atoms with Crippen LogP contribution in [0, 0.1) is 0 Å². The standard InChI is InChI=1S/C18H23N3O6S2/c19-15-10-27-17(9-16(15)22)18(11-1-5-13(6-2-11)28(20,23)24)12-3-7-14(8-4-12)29(21,25)26/h1-8,15-18,22H,9-10,19H2,(H2,20,23,24)(H2,21,25,26)/t15-,16+,17+/m1/s1. The van der Waals surface area contributed by atoms with E-state index in [4.69, 9.17) is 20.7 Å². The van der Waals surface area contributed by atoms with Crippen molar-refractivity contribution in [2.45, 2.75) is 40.4 Å². The van der Waals surface area contributed by atoms with E-state index >= 15 is 0 Å². The molecule has 2 aromatic carbocycles. The topological polar surface area (TPSA) is 176 Å². The van der Waals surface area contributed by atoms with Crippen LogP contribution in [0.4, 0.5) is 0 Å². The van der Waals surface area contributed by atoms with Gasteiger partial charge in [-0.25, -0.2) is 27.1 Å². The molecule has 11 heteroatoms. The van der Waals surface area contributed by atoms with Gasteiger partial charge >= 0.3 is 0 Å². The Balaban J connectivity index is 2.02. The quantitative estimate of drug-likeness (QED) is 0.487. The molecule has 7 N–H and O–H groups in total. The Hall–Kier alpha value is -1.86. The van der Waals surface area contributed by atoms with E-state index < -0.39 is 44.2 Å². The zero-order chi connectivity index (χ0) is 21.4. The summed E-state index contributed by atoms with van der Waals surface area (Å²) in [5.41, 5.74) is 7.25. The van der Waals surface area contributed by atoms with E-state index in [1.165, 1.54) is 24.3 Å². The van der Waals surface area contributed by atoms with Crippen LogP contribution in [0.25, 0.3) is 0 Å². The maximum atomic E-state index is 11.5. The monoisotopic (exact) mass is 441 g/mol. The molecule has 0 amide bonds. The zero-order valence-electron chi connectivity index (χ0n) is 15.4. The van der Waals surface area contributed by atoms with E-state index in [-0.39, 0.29) is 22.8 Å². The van der Waals surface area contributed by atoms with Gasteiger partial charge in [-0.15, -0.1) is 0 Å². The summed E-state index contributed by atoms with van der Waals surface area (Å²) in [6.07, 6.45) is -0.950. The van der Waals surface area contributed by atoms with Gasteiger partial charge in [-0.2, -0.15) is 0 Å². The Bertz CT molecular complexity index is 994. The molecule has 0 bridgehead atoms. The SMILES string of the molecule is N[C@@H]1CO[C@H](C(c2ccc(S(N)(=O)=O)cc2)c2ccc(S(N)(=O)=O)cc2)C[C@@H]1O. The van der Waals surface area contributed by atoms with Gasteiger partial charge in [-0.3, -0.25) is 0 Å². The van der Waals surface area contributed by atoms with Crippen molar-refractivity contribution in [2.24, 2.45) is 16.0 Å². The largest absolute Gasteiger partial charge is 0.391 e. The van der Waals surface area contributed by atoms with Crippen LogP contribution < -0.4 is 16.0 Å². The van der Waals surface area contributed by atoms with Gasteiger partial charge in [0.15, 0.2) is 0 Å². The van der Waals surface area contributed by atoms with Crippen LogP contribution in [0.5, 0.6) is 0 Å². The molecule has 1 aliphatic rings. The maximum absolute atomic E-state index is 11.5. The number of ether oxygens (including phenoxy) is 1. The predicted molar refractivity (Wildman–Crippen MR) is 106 cm³/mol. The summed E-state index contributed by atoms with van der Waals surface area (Å²) in [5, 5.41) is 20.5. The third kappa shape index (κ3) is 5.01. The summed E-state index contributed by atoms with van der Waals surface area (Å²) in [6.45, 7) is 0.160. The van der Waals surface area contributed by atoms with Crippen molar-refractivity contribution < 1.29 is 26.7 Å². The third-order valence-corrected chi connectivity index (χ3v) is 6.84. The molecule has 158 valence electrons. The van der Waals surface area contributed by atoms with Crippen LogP contribution in [-0.4, -0.2) is 46.8 Å². The van der Waals surface area contributed by atoms with Gasteiger partial charge < -0.3 is 15.6 Å². The average molecular weight is 442 g/mol. The van der Waals surface area contributed by atoms with Crippen LogP contribution in [0.2, 0.25) is 0 Å². The predicted octanol–water partition coefficient (Wildman–Crippen LogP) is -0.410. The molecule has 1 heterocycles. The van der Waals surface area contributed by atoms with Gasteiger partial charge in [0.05, 0.1) is 34.6 Å². The van der Waals surface area contributed by atoms with E-state index in [9.17, 15) is 21.9 Å². The summed E-state index contributed by atoms with van der Waals surface area (Å²) in [6, 6.07) is 11.5. The second-order valence-corrected chi connectivity index (χ2v) is 10.2. The van der Waals surface area contributed by atoms with Crippen molar-refractivity contribution in [1.82, 2.24) is 0 Å². The Labute approximate surface area is 169 Å². The van der Waals surface area contributed by atoms with Crippen molar-refractivity contribution in [2.75, 3.05) is 6.61 Å². The fraction of sp³-hybridized carbons (Fsp3) is 0.333. The lowest BCUT2D eigenvalue weighted by molar-refractivity contribution is -0.0625. The van der Waals surface area contributed by atoms with Crippen molar-refractivity contribution in [3.63, 3.8) is 0 Å². The highest BCUT2D eigenvalue weighted by atomic mass is 32.2. The second-order valence-electron chi connectivity index (χ2n) is 7.04. The lowest BCUT2D eigenvalue weighted by Crippen LogP contribution is -2.48. The molecule has 29 heavy (non-hydrogen) atoms. The fourth-order valence-electron chi connectivity index (χ4n) is 3.41. The van der Waals surface area contributed by atoms with Gasteiger partial charge in [-0.1, -0.05) is 24.3 Å². The van der Waals surface area contributed by atoms with Gasteiger partial charge in [0, 0.05) is 12.3 Å². The molecule has 2 aromatic rings. The normalized spacial score (nSPS) is 23.3. The van der Waals surface area contributed by atoms with Crippen molar-refractivity contribution in [1.29, 1.82) is 0 Å². The molecule has 0 unspecified atom stereocenters. The van der Waals surface area contributed by atoms with Crippen molar-refractivity contribution in [3.8, 4) is 0 Å². The molecule has 0 radical (unpaired) electrons. The maximum Gasteiger partial charge on any atom is 0.238 e. The molecule has 3 rings (SSSR count). The molecular formula is C18H23N3O6S2. The smallest absolute Gasteiger partial charge is 0.238 e. The first-order valence-electron chi connectivity index (χ1n) is 8.77. The third-order valence-electron chi connectivity index (χ3n) is 4.98. The van der Waals surface area contributed by atoms with Gasteiger partial charge in [0.2, 0.25) is 20.0 Å². The summed E-state index contributed by atoms with van der Waals surface area (Å²) in [5.74, 6) is -0.402. The molecule has 1 saturated heterocycles. The van der Waals surface area contributed by atoms with E-state index in [0.717, 1.165) is 0 Å². The highest BCUT2D eigenvalue weighted by Crippen LogP contribution is 2.35. The van der Waals surface area contributed by atoms with Gasteiger partial charge in [-0.05, 0) is 35.4 Å². The van der Waals surface area contributed by atoms with Crippen LogP contribution >= 0.6 is 0 Å². The number of sulfonamides is 2. The second kappa shape index (κ2) is 8.11. The Morgan fingerprint density at radius 3 is 1.62 bits per heavy atom. The zero-order valence-corrected chi connectivity index (χ0v) is 17.0. The van der Waals surface area contributed by atoms with E-state index in [1.807, 2.05) is 0 Å². The highest BCUT2D eigenvalue weighted by molar-refractivity contribution is 7.89. The summed E-state index contributed by atoms with van der Waals surface area (Å²) < 4.78 is 52.0. The Kier molecular flexibility index (Phi) is 6.11. The van der Waals surface area contributed by atoms with Gasteiger partial charge in [0.25, 0.3) is 0 Å². The minimum Gasteiger partial charge on any atom is -0.391 e. The van der Waals surface area contributed by atoms with Crippen LogP contribution in [0.1, 0.15) is 23.5 Å². The number of hydrogen-bond donors (Lipinski definition) is 4. The van der Waals surface area contributed by atoms with Crippen LogP contribution in [0.15, 0.2) is 58.3 Å². The molecule has 3 atom stereocenters. The molecule has 9 nitrogen and oxygen atoms in total. The number of benzene rings is 2. The molecule has 1 aliphatic heterocycles. The Morgan fingerprint density at radius 2 is 1.28 bits per heavy atom. The summed E-state index contributed by atoms with van der Waals surface area (Å²) in [7, 11) is -7.68. The molecule has 0 aromatic heterocycles. The summed E-state index contributed by atoms with van der Waals surface area (Å²) in [4.78, 5) is -0.0626. The summed E-state index contributed by atoms with van der Waals surface area (Å²) >= 11 is 0. The molecule has 1 fully saturated rings. The van der Waals surface area contributed by atoms with E-state index in [0.29, 0.717) is 11.1 Å². The first kappa shape index (κ1) is 21.8. The number of aliphatic hydroxyl groups is 1. The molecular weight excluding hydrogens is 418 g/mol. The lowest BCUT2D eigenvalue weighted by Gasteiger charge is -2.36. The first-order chi connectivity index (χ1) is 13.5. The van der Waals surface area contributed by atoms with Gasteiger partial charge in [0.1, 0.15) is 0 Å². The first-order valence-corrected chi connectivity index (χ1v) is 11.9. The molecule has 0 saturated carbocycles. The molecule has 0 spiro atoms.